The third kappa shape index (κ3) is 7.28. The van der Waals surface area contributed by atoms with E-state index >= 15 is 0 Å². The van der Waals surface area contributed by atoms with E-state index in [9.17, 15) is 9.59 Å². The fraction of sp³-hybridized carbons (Fsp3) is 0.600. The van der Waals surface area contributed by atoms with E-state index in [2.05, 4.69) is 12.2 Å². The zero-order chi connectivity index (χ0) is 14.8. The Morgan fingerprint density at radius 2 is 2.15 bits per heavy atom. The minimum absolute atomic E-state index is 0.0425. The minimum Gasteiger partial charge on any atom is -0.481 e. The second-order valence-corrected chi connectivity index (χ2v) is 6.01. The van der Waals surface area contributed by atoms with Crippen LogP contribution >= 0.6 is 11.3 Å². The summed E-state index contributed by atoms with van der Waals surface area (Å²) in [7, 11) is 0. The first-order chi connectivity index (χ1) is 9.61. The van der Waals surface area contributed by atoms with Crippen LogP contribution in [0.4, 0.5) is 0 Å². The molecule has 1 heterocycles. The lowest BCUT2D eigenvalue weighted by molar-refractivity contribution is -0.137. The second-order valence-electron chi connectivity index (χ2n) is 4.98. The summed E-state index contributed by atoms with van der Waals surface area (Å²) in [4.78, 5) is 23.4. The van der Waals surface area contributed by atoms with Crippen LogP contribution in [-0.4, -0.2) is 23.5 Å². The van der Waals surface area contributed by atoms with Gasteiger partial charge in [0.2, 0.25) is 5.91 Å². The van der Waals surface area contributed by atoms with Gasteiger partial charge >= 0.3 is 5.97 Å². The largest absolute Gasteiger partial charge is 0.481 e. The van der Waals surface area contributed by atoms with Gasteiger partial charge in [-0.05, 0) is 30.2 Å². The normalized spacial score (nSPS) is 12.1. The fourth-order valence-corrected chi connectivity index (χ4v) is 2.92. The Bertz CT molecular complexity index is 403. The number of carbonyl (C=O) groups is 2. The Morgan fingerprint density at radius 1 is 1.35 bits per heavy atom. The van der Waals surface area contributed by atoms with Crippen molar-refractivity contribution >= 4 is 23.2 Å². The van der Waals surface area contributed by atoms with E-state index in [-0.39, 0.29) is 12.3 Å². The first-order valence-electron chi connectivity index (χ1n) is 7.12. The van der Waals surface area contributed by atoms with E-state index in [1.807, 2.05) is 17.5 Å². The van der Waals surface area contributed by atoms with Gasteiger partial charge in [-0.1, -0.05) is 25.8 Å². The predicted molar refractivity (Wildman–Crippen MR) is 80.9 cm³/mol. The molecule has 0 aliphatic heterocycles. The van der Waals surface area contributed by atoms with Crippen LogP contribution in [0.1, 0.15) is 43.9 Å². The van der Waals surface area contributed by atoms with Crippen LogP contribution in [0.3, 0.4) is 0 Å². The van der Waals surface area contributed by atoms with E-state index in [0.717, 1.165) is 24.1 Å². The molecule has 0 radical (unpaired) electrons. The SMILES string of the molecule is CCCC(CCNC(=O)Cc1cccs1)CCC(=O)O. The molecule has 2 N–H and O–H groups in total. The highest BCUT2D eigenvalue weighted by molar-refractivity contribution is 7.10. The first kappa shape index (κ1) is 16.7. The molecule has 1 atom stereocenters. The molecule has 20 heavy (non-hydrogen) atoms. The van der Waals surface area contributed by atoms with E-state index in [1.165, 1.54) is 0 Å². The summed E-state index contributed by atoms with van der Waals surface area (Å²) in [6.07, 6.45) is 4.28. The van der Waals surface area contributed by atoms with Gasteiger partial charge in [0.05, 0.1) is 6.42 Å². The quantitative estimate of drug-likeness (QED) is 0.697. The Kier molecular flexibility index (Phi) is 7.95. The molecule has 1 unspecified atom stereocenters. The molecule has 112 valence electrons. The molecular formula is C15H23NO3S. The molecule has 4 nitrogen and oxygen atoms in total. The van der Waals surface area contributed by atoms with Crippen LogP contribution in [0.15, 0.2) is 17.5 Å². The van der Waals surface area contributed by atoms with Crippen LogP contribution in [0.25, 0.3) is 0 Å². The summed E-state index contributed by atoms with van der Waals surface area (Å²) >= 11 is 1.58. The minimum atomic E-state index is -0.743. The Hall–Kier alpha value is -1.36. The number of nitrogens with one attached hydrogen (secondary N) is 1. The number of carbonyl (C=O) groups excluding carboxylic acids is 1. The summed E-state index contributed by atoms with van der Waals surface area (Å²) in [5.41, 5.74) is 0. The van der Waals surface area contributed by atoms with Crippen LogP contribution < -0.4 is 5.32 Å². The number of hydrogen-bond donors (Lipinski definition) is 2. The fourth-order valence-electron chi connectivity index (χ4n) is 2.22. The van der Waals surface area contributed by atoms with Crippen molar-refractivity contribution < 1.29 is 14.7 Å². The standard InChI is InChI=1S/C15H23NO3S/c1-2-4-12(6-7-15(18)19)8-9-16-14(17)11-13-5-3-10-20-13/h3,5,10,12H,2,4,6-9,11H2,1H3,(H,16,17)(H,18,19). The van der Waals surface area contributed by atoms with E-state index < -0.39 is 5.97 Å². The summed E-state index contributed by atoms with van der Waals surface area (Å²) in [6, 6.07) is 3.90. The van der Waals surface area contributed by atoms with Crippen LogP contribution in [-0.2, 0) is 16.0 Å². The highest BCUT2D eigenvalue weighted by atomic mass is 32.1. The molecule has 0 aromatic carbocycles. The zero-order valence-electron chi connectivity index (χ0n) is 11.9. The Morgan fingerprint density at radius 3 is 2.75 bits per heavy atom. The number of carboxylic acids is 1. The molecule has 1 amide bonds. The molecule has 0 aliphatic rings. The topological polar surface area (TPSA) is 66.4 Å². The zero-order valence-corrected chi connectivity index (χ0v) is 12.7. The number of carboxylic acid groups (broad SMARTS) is 1. The summed E-state index contributed by atoms with van der Waals surface area (Å²) < 4.78 is 0. The molecule has 5 heteroatoms. The van der Waals surface area contributed by atoms with Crippen LogP contribution in [0.5, 0.6) is 0 Å². The van der Waals surface area contributed by atoms with Crippen molar-refractivity contribution in [3.8, 4) is 0 Å². The van der Waals surface area contributed by atoms with Gasteiger partial charge < -0.3 is 10.4 Å². The Labute approximate surface area is 124 Å². The van der Waals surface area contributed by atoms with Gasteiger partial charge in [-0.25, -0.2) is 0 Å². The van der Waals surface area contributed by atoms with E-state index in [1.54, 1.807) is 11.3 Å². The van der Waals surface area contributed by atoms with E-state index in [0.29, 0.717) is 25.3 Å². The molecule has 0 aliphatic carbocycles. The molecule has 1 rings (SSSR count). The van der Waals surface area contributed by atoms with Gasteiger partial charge in [0, 0.05) is 17.8 Å². The van der Waals surface area contributed by atoms with Crippen LogP contribution in [0, 0.1) is 5.92 Å². The van der Waals surface area contributed by atoms with Gasteiger partial charge in [-0.2, -0.15) is 0 Å². The summed E-state index contributed by atoms with van der Waals surface area (Å²) in [5, 5.41) is 13.6. The second kappa shape index (κ2) is 9.53. The van der Waals surface area contributed by atoms with Crippen LogP contribution in [0.2, 0.25) is 0 Å². The van der Waals surface area contributed by atoms with Crippen molar-refractivity contribution in [2.75, 3.05) is 6.54 Å². The third-order valence-electron chi connectivity index (χ3n) is 3.25. The van der Waals surface area contributed by atoms with Gasteiger partial charge in [0.25, 0.3) is 0 Å². The van der Waals surface area contributed by atoms with Crippen molar-refractivity contribution in [1.82, 2.24) is 5.32 Å². The maximum Gasteiger partial charge on any atom is 0.303 e. The lowest BCUT2D eigenvalue weighted by atomic mass is 9.94. The Balaban J connectivity index is 2.21. The highest BCUT2D eigenvalue weighted by Gasteiger charge is 2.11. The number of rotatable bonds is 10. The van der Waals surface area contributed by atoms with E-state index in [4.69, 9.17) is 5.11 Å². The van der Waals surface area contributed by atoms with Gasteiger partial charge in [0.15, 0.2) is 0 Å². The molecular weight excluding hydrogens is 274 g/mol. The monoisotopic (exact) mass is 297 g/mol. The first-order valence-corrected chi connectivity index (χ1v) is 8.00. The van der Waals surface area contributed by atoms with Crippen molar-refractivity contribution in [3.63, 3.8) is 0 Å². The van der Waals surface area contributed by atoms with Crippen molar-refractivity contribution in [2.24, 2.45) is 5.92 Å². The number of aliphatic carboxylic acids is 1. The molecule has 0 spiro atoms. The van der Waals surface area contributed by atoms with Gasteiger partial charge in [0.1, 0.15) is 0 Å². The third-order valence-corrected chi connectivity index (χ3v) is 4.13. The number of thiophene rings is 1. The van der Waals surface area contributed by atoms with Crippen molar-refractivity contribution in [3.05, 3.63) is 22.4 Å². The summed E-state index contributed by atoms with van der Waals surface area (Å²) in [5.74, 6) is -0.313. The molecule has 1 aromatic rings. The number of hydrogen-bond acceptors (Lipinski definition) is 3. The molecule has 0 bridgehead atoms. The summed E-state index contributed by atoms with van der Waals surface area (Å²) in [6.45, 7) is 2.73. The molecule has 1 aromatic heterocycles. The average molecular weight is 297 g/mol. The molecule has 0 saturated heterocycles. The van der Waals surface area contributed by atoms with Crippen molar-refractivity contribution in [2.45, 2.75) is 45.4 Å². The number of amides is 1. The van der Waals surface area contributed by atoms with Gasteiger partial charge in [-0.3, -0.25) is 9.59 Å². The smallest absolute Gasteiger partial charge is 0.303 e. The van der Waals surface area contributed by atoms with Crippen molar-refractivity contribution in [1.29, 1.82) is 0 Å². The molecule has 0 fully saturated rings. The predicted octanol–water partition coefficient (Wildman–Crippen LogP) is 3.08. The van der Waals surface area contributed by atoms with Gasteiger partial charge in [-0.15, -0.1) is 11.3 Å². The lowest BCUT2D eigenvalue weighted by Crippen LogP contribution is -2.27. The maximum absolute atomic E-state index is 11.7. The average Bonchev–Trinajstić information content (AvgIpc) is 2.88. The highest BCUT2D eigenvalue weighted by Crippen LogP contribution is 2.17. The maximum atomic E-state index is 11.7. The molecule has 0 saturated carbocycles. The lowest BCUT2D eigenvalue weighted by Gasteiger charge is -2.15.